The van der Waals surface area contributed by atoms with E-state index >= 15 is 0 Å². The molecule has 102 valence electrons. The molecule has 0 spiro atoms. The number of hydrogen-bond donors (Lipinski definition) is 0. The SMILES string of the molecule is CN(C)Cc1cccc(-c2cn3cc(I)ncc3n2)c1. The minimum atomic E-state index is 0.874. The Hall–Kier alpha value is -1.47. The van der Waals surface area contributed by atoms with Crippen molar-refractivity contribution in [2.45, 2.75) is 6.54 Å². The van der Waals surface area contributed by atoms with Crippen LogP contribution in [0.25, 0.3) is 16.9 Å². The van der Waals surface area contributed by atoms with Crippen molar-refractivity contribution in [2.75, 3.05) is 14.1 Å². The predicted molar refractivity (Wildman–Crippen MR) is 88.5 cm³/mol. The van der Waals surface area contributed by atoms with Gasteiger partial charge in [-0.05, 0) is 48.3 Å². The zero-order chi connectivity index (χ0) is 14.1. The van der Waals surface area contributed by atoms with Crippen LogP contribution in [0.4, 0.5) is 0 Å². The van der Waals surface area contributed by atoms with E-state index in [0.29, 0.717) is 0 Å². The predicted octanol–water partition coefficient (Wildman–Crippen LogP) is 3.06. The molecular weight excluding hydrogens is 363 g/mol. The molecule has 3 aromatic rings. The number of halogens is 1. The lowest BCUT2D eigenvalue weighted by atomic mass is 10.1. The zero-order valence-electron chi connectivity index (χ0n) is 11.4. The summed E-state index contributed by atoms with van der Waals surface area (Å²) in [6, 6.07) is 8.52. The first kappa shape index (κ1) is 13.5. The molecule has 0 saturated carbocycles. The summed E-state index contributed by atoms with van der Waals surface area (Å²) in [7, 11) is 4.15. The molecule has 5 heteroatoms. The van der Waals surface area contributed by atoms with E-state index in [-0.39, 0.29) is 0 Å². The number of rotatable bonds is 3. The summed E-state index contributed by atoms with van der Waals surface area (Å²) >= 11 is 2.21. The highest BCUT2D eigenvalue weighted by Crippen LogP contribution is 2.21. The minimum absolute atomic E-state index is 0.874. The minimum Gasteiger partial charge on any atom is -0.305 e. The van der Waals surface area contributed by atoms with Crippen molar-refractivity contribution in [2.24, 2.45) is 0 Å². The Morgan fingerprint density at radius 1 is 1.25 bits per heavy atom. The standard InChI is InChI=1S/C15H15IN4/c1-19(2)8-11-4-3-5-12(6-11)13-9-20-10-14(16)17-7-15(20)18-13/h3-7,9-10H,8H2,1-2H3. The van der Waals surface area contributed by atoms with E-state index in [9.17, 15) is 0 Å². The number of hydrogen-bond acceptors (Lipinski definition) is 3. The van der Waals surface area contributed by atoms with Crippen molar-refractivity contribution in [1.82, 2.24) is 19.3 Å². The van der Waals surface area contributed by atoms with Gasteiger partial charge in [0.25, 0.3) is 0 Å². The highest BCUT2D eigenvalue weighted by molar-refractivity contribution is 14.1. The molecule has 3 rings (SSSR count). The average Bonchev–Trinajstić information content (AvgIpc) is 2.81. The monoisotopic (exact) mass is 378 g/mol. The lowest BCUT2D eigenvalue weighted by Crippen LogP contribution is -2.10. The molecule has 0 radical (unpaired) electrons. The molecule has 20 heavy (non-hydrogen) atoms. The molecule has 0 N–H and O–H groups in total. The van der Waals surface area contributed by atoms with E-state index in [4.69, 9.17) is 0 Å². The summed E-state index contributed by atoms with van der Waals surface area (Å²) in [5.41, 5.74) is 4.29. The third-order valence-electron chi connectivity index (χ3n) is 3.03. The maximum absolute atomic E-state index is 4.63. The topological polar surface area (TPSA) is 33.4 Å². The zero-order valence-corrected chi connectivity index (χ0v) is 13.6. The van der Waals surface area contributed by atoms with Crippen LogP contribution in [-0.2, 0) is 6.54 Å². The van der Waals surface area contributed by atoms with Gasteiger partial charge in [0.1, 0.15) is 3.70 Å². The molecule has 4 nitrogen and oxygen atoms in total. The summed E-state index contributed by atoms with van der Waals surface area (Å²) in [4.78, 5) is 11.1. The van der Waals surface area contributed by atoms with Crippen molar-refractivity contribution in [1.29, 1.82) is 0 Å². The van der Waals surface area contributed by atoms with Crippen LogP contribution in [0.1, 0.15) is 5.56 Å². The Morgan fingerprint density at radius 2 is 2.10 bits per heavy atom. The van der Waals surface area contributed by atoms with Gasteiger partial charge in [-0.3, -0.25) is 0 Å². The van der Waals surface area contributed by atoms with E-state index < -0.39 is 0 Å². The number of imidazole rings is 1. The normalized spacial score (nSPS) is 11.4. The van der Waals surface area contributed by atoms with Gasteiger partial charge in [-0.1, -0.05) is 18.2 Å². The van der Waals surface area contributed by atoms with Crippen LogP contribution in [0, 0.1) is 3.70 Å². The Bertz CT molecular complexity index is 748. The molecule has 2 heterocycles. The highest BCUT2D eigenvalue weighted by atomic mass is 127. The smallest absolute Gasteiger partial charge is 0.156 e. The molecule has 0 aliphatic rings. The van der Waals surface area contributed by atoms with Gasteiger partial charge in [0.05, 0.1) is 11.9 Å². The molecule has 0 aliphatic heterocycles. The number of fused-ring (bicyclic) bond motifs is 1. The van der Waals surface area contributed by atoms with Crippen molar-refractivity contribution >= 4 is 28.2 Å². The third kappa shape index (κ3) is 2.83. The van der Waals surface area contributed by atoms with Crippen molar-refractivity contribution in [3.63, 3.8) is 0 Å². The van der Waals surface area contributed by atoms with Gasteiger partial charge >= 0.3 is 0 Å². The van der Waals surface area contributed by atoms with E-state index in [1.54, 1.807) is 6.20 Å². The summed E-state index contributed by atoms with van der Waals surface area (Å²) in [5, 5.41) is 0. The lowest BCUT2D eigenvalue weighted by molar-refractivity contribution is 0.402. The molecule has 2 aromatic heterocycles. The van der Waals surface area contributed by atoms with Crippen LogP contribution >= 0.6 is 22.6 Å². The molecule has 0 aliphatic carbocycles. The van der Waals surface area contributed by atoms with Gasteiger partial charge in [-0.15, -0.1) is 0 Å². The molecule has 0 unspecified atom stereocenters. The van der Waals surface area contributed by atoms with Gasteiger partial charge < -0.3 is 9.30 Å². The molecule has 0 amide bonds. The summed E-state index contributed by atoms with van der Waals surface area (Å²) in [6.07, 6.45) is 5.83. The fraction of sp³-hybridized carbons (Fsp3) is 0.200. The Kier molecular flexibility index (Phi) is 3.71. The first-order valence-corrected chi connectivity index (χ1v) is 7.44. The Balaban J connectivity index is 2.01. The van der Waals surface area contributed by atoms with Crippen LogP contribution in [0.2, 0.25) is 0 Å². The van der Waals surface area contributed by atoms with Gasteiger partial charge in [0.2, 0.25) is 0 Å². The summed E-state index contributed by atoms with van der Waals surface area (Å²) in [6.45, 7) is 0.931. The number of aromatic nitrogens is 3. The first-order chi connectivity index (χ1) is 9.61. The molecule has 1 aromatic carbocycles. The first-order valence-electron chi connectivity index (χ1n) is 6.36. The van der Waals surface area contributed by atoms with E-state index in [1.165, 1.54) is 5.56 Å². The molecular formula is C15H15IN4. The van der Waals surface area contributed by atoms with Crippen LogP contribution in [0.15, 0.2) is 42.9 Å². The average molecular weight is 378 g/mol. The van der Waals surface area contributed by atoms with Gasteiger partial charge in [0, 0.05) is 24.5 Å². The summed E-state index contributed by atoms with van der Waals surface area (Å²) < 4.78 is 2.98. The van der Waals surface area contributed by atoms with Crippen molar-refractivity contribution < 1.29 is 0 Å². The summed E-state index contributed by atoms with van der Waals surface area (Å²) in [5.74, 6) is 0. The van der Waals surface area contributed by atoms with Crippen LogP contribution in [0.5, 0.6) is 0 Å². The third-order valence-corrected chi connectivity index (χ3v) is 3.59. The molecule has 0 fully saturated rings. The van der Waals surface area contributed by atoms with Crippen LogP contribution < -0.4 is 0 Å². The fourth-order valence-corrected chi connectivity index (χ4v) is 2.65. The molecule has 0 saturated heterocycles. The second-order valence-electron chi connectivity index (χ2n) is 5.04. The van der Waals surface area contributed by atoms with Gasteiger partial charge in [-0.25, -0.2) is 9.97 Å². The molecule has 0 atom stereocenters. The van der Waals surface area contributed by atoms with E-state index in [0.717, 1.165) is 27.1 Å². The van der Waals surface area contributed by atoms with Crippen molar-refractivity contribution in [3.05, 3.63) is 52.1 Å². The van der Waals surface area contributed by atoms with E-state index in [1.807, 2.05) is 16.8 Å². The number of nitrogens with zero attached hydrogens (tertiary/aromatic N) is 4. The molecule has 0 bridgehead atoms. The van der Waals surface area contributed by atoms with Gasteiger partial charge in [0.15, 0.2) is 5.65 Å². The largest absolute Gasteiger partial charge is 0.305 e. The second-order valence-corrected chi connectivity index (χ2v) is 6.15. The second kappa shape index (κ2) is 5.49. The quantitative estimate of drug-likeness (QED) is 0.657. The van der Waals surface area contributed by atoms with Crippen molar-refractivity contribution in [3.8, 4) is 11.3 Å². The van der Waals surface area contributed by atoms with Crippen LogP contribution in [-0.4, -0.2) is 33.4 Å². The maximum Gasteiger partial charge on any atom is 0.156 e. The fourth-order valence-electron chi connectivity index (χ4n) is 2.21. The van der Waals surface area contributed by atoms with Crippen LogP contribution in [0.3, 0.4) is 0 Å². The maximum atomic E-state index is 4.63. The van der Waals surface area contributed by atoms with E-state index in [2.05, 4.69) is 75.8 Å². The Labute approximate surface area is 131 Å². The Morgan fingerprint density at radius 3 is 2.90 bits per heavy atom. The lowest BCUT2D eigenvalue weighted by Gasteiger charge is -2.10. The highest BCUT2D eigenvalue weighted by Gasteiger charge is 2.06. The van der Waals surface area contributed by atoms with Gasteiger partial charge in [-0.2, -0.15) is 0 Å². The number of benzene rings is 1.